The van der Waals surface area contributed by atoms with E-state index in [9.17, 15) is 8.78 Å². The summed E-state index contributed by atoms with van der Waals surface area (Å²) in [6.45, 7) is 0.523. The summed E-state index contributed by atoms with van der Waals surface area (Å²) in [7, 11) is 1.48. The standard InChI is InChI=1S/C15H16F2N2O/c1-20-15-9-14(12(17)8-13(15)18)19-7-6-10-2-4-11(16)5-3-10/h2-5,8-9,19H,6-7,18H2,1H3. The first kappa shape index (κ1) is 14.1. The summed E-state index contributed by atoms with van der Waals surface area (Å²) in [5, 5.41) is 2.97. The van der Waals surface area contributed by atoms with Gasteiger partial charge in [-0.2, -0.15) is 0 Å². The van der Waals surface area contributed by atoms with Gasteiger partial charge in [-0.05, 0) is 24.1 Å². The van der Waals surface area contributed by atoms with Crippen molar-refractivity contribution < 1.29 is 13.5 Å². The molecule has 106 valence electrons. The van der Waals surface area contributed by atoms with Crippen molar-refractivity contribution in [2.24, 2.45) is 0 Å². The van der Waals surface area contributed by atoms with E-state index in [0.717, 1.165) is 5.56 Å². The van der Waals surface area contributed by atoms with Crippen molar-refractivity contribution >= 4 is 11.4 Å². The van der Waals surface area contributed by atoms with Gasteiger partial charge in [0, 0.05) is 18.7 Å². The molecular weight excluding hydrogens is 262 g/mol. The molecule has 0 radical (unpaired) electrons. The van der Waals surface area contributed by atoms with Gasteiger partial charge in [0.1, 0.15) is 17.4 Å². The Balaban J connectivity index is 1.98. The van der Waals surface area contributed by atoms with Crippen LogP contribution in [0.3, 0.4) is 0 Å². The zero-order valence-corrected chi connectivity index (χ0v) is 11.1. The minimum Gasteiger partial charge on any atom is -0.495 e. The van der Waals surface area contributed by atoms with Gasteiger partial charge in [-0.1, -0.05) is 12.1 Å². The summed E-state index contributed by atoms with van der Waals surface area (Å²) in [4.78, 5) is 0. The monoisotopic (exact) mass is 278 g/mol. The number of hydrogen-bond acceptors (Lipinski definition) is 3. The third-order valence-electron chi connectivity index (χ3n) is 2.96. The van der Waals surface area contributed by atoms with E-state index in [1.165, 1.54) is 31.4 Å². The van der Waals surface area contributed by atoms with Crippen LogP contribution in [0.5, 0.6) is 5.75 Å². The summed E-state index contributed by atoms with van der Waals surface area (Å²) in [5.41, 5.74) is 7.17. The summed E-state index contributed by atoms with van der Waals surface area (Å²) in [5.74, 6) is -0.269. The first-order valence-electron chi connectivity index (χ1n) is 6.21. The van der Waals surface area contributed by atoms with E-state index < -0.39 is 5.82 Å². The van der Waals surface area contributed by atoms with Crippen molar-refractivity contribution in [3.8, 4) is 5.75 Å². The molecule has 0 unspecified atom stereocenters. The molecule has 5 heteroatoms. The Morgan fingerprint density at radius 3 is 2.50 bits per heavy atom. The molecule has 0 heterocycles. The zero-order chi connectivity index (χ0) is 14.5. The number of rotatable bonds is 5. The molecule has 0 spiro atoms. The quantitative estimate of drug-likeness (QED) is 0.826. The van der Waals surface area contributed by atoms with Gasteiger partial charge in [0.2, 0.25) is 0 Å². The Hall–Kier alpha value is -2.30. The highest BCUT2D eigenvalue weighted by atomic mass is 19.1. The number of halogens is 2. The number of ether oxygens (including phenoxy) is 1. The minimum atomic E-state index is -0.428. The number of anilines is 2. The van der Waals surface area contributed by atoms with Gasteiger partial charge in [-0.15, -0.1) is 0 Å². The van der Waals surface area contributed by atoms with Gasteiger partial charge in [0.05, 0.1) is 18.5 Å². The van der Waals surface area contributed by atoms with E-state index in [4.69, 9.17) is 10.5 Å². The highest BCUT2D eigenvalue weighted by Gasteiger charge is 2.07. The fourth-order valence-electron chi connectivity index (χ4n) is 1.87. The number of hydrogen-bond donors (Lipinski definition) is 2. The Kier molecular flexibility index (Phi) is 4.40. The molecule has 20 heavy (non-hydrogen) atoms. The molecule has 0 bridgehead atoms. The average Bonchev–Trinajstić information content (AvgIpc) is 2.43. The van der Waals surface area contributed by atoms with Crippen molar-refractivity contribution in [1.29, 1.82) is 0 Å². The molecule has 0 saturated heterocycles. The van der Waals surface area contributed by atoms with Crippen LogP contribution in [0.15, 0.2) is 36.4 Å². The lowest BCUT2D eigenvalue weighted by Gasteiger charge is -2.11. The van der Waals surface area contributed by atoms with Gasteiger partial charge < -0.3 is 15.8 Å². The maximum atomic E-state index is 13.7. The Bertz CT molecular complexity index is 585. The molecule has 2 rings (SSSR count). The first-order chi connectivity index (χ1) is 9.60. The molecule has 0 aromatic heterocycles. The third kappa shape index (κ3) is 3.38. The van der Waals surface area contributed by atoms with E-state index in [-0.39, 0.29) is 11.5 Å². The molecule has 0 saturated carbocycles. The summed E-state index contributed by atoms with van der Waals surface area (Å²) >= 11 is 0. The van der Waals surface area contributed by atoms with Crippen molar-refractivity contribution in [3.63, 3.8) is 0 Å². The van der Waals surface area contributed by atoms with Crippen LogP contribution < -0.4 is 15.8 Å². The van der Waals surface area contributed by atoms with Crippen LogP contribution in [0, 0.1) is 11.6 Å². The maximum Gasteiger partial charge on any atom is 0.148 e. The second kappa shape index (κ2) is 6.23. The molecule has 2 aromatic rings. The van der Waals surface area contributed by atoms with Crippen LogP contribution in [0.2, 0.25) is 0 Å². The Morgan fingerprint density at radius 1 is 1.15 bits per heavy atom. The molecule has 0 atom stereocenters. The molecule has 0 aliphatic heterocycles. The molecule has 2 aromatic carbocycles. The summed E-state index contributed by atoms with van der Waals surface area (Å²) in [6, 6.07) is 8.96. The Morgan fingerprint density at radius 2 is 1.85 bits per heavy atom. The van der Waals surface area contributed by atoms with Crippen LogP contribution in [-0.4, -0.2) is 13.7 Å². The van der Waals surface area contributed by atoms with Crippen LogP contribution in [0.4, 0.5) is 20.2 Å². The molecule has 0 aliphatic carbocycles. The number of nitrogens with two attached hydrogens (primary N) is 1. The number of methoxy groups -OCH3 is 1. The highest BCUT2D eigenvalue weighted by molar-refractivity contribution is 5.62. The topological polar surface area (TPSA) is 47.3 Å². The SMILES string of the molecule is COc1cc(NCCc2ccc(F)cc2)c(F)cc1N. The van der Waals surface area contributed by atoms with Gasteiger partial charge >= 0.3 is 0 Å². The average molecular weight is 278 g/mol. The van der Waals surface area contributed by atoms with E-state index >= 15 is 0 Å². The highest BCUT2D eigenvalue weighted by Crippen LogP contribution is 2.28. The zero-order valence-electron chi connectivity index (χ0n) is 11.1. The lowest BCUT2D eigenvalue weighted by Crippen LogP contribution is -2.07. The largest absolute Gasteiger partial charge is 0.495 e. The lowest BCUT2D eigenvalue weighted by molar-refractivity contribution is 0.416. The van der Waals surface area contributed by atoms with Gasteiger partial charge in [-0.3, -0.25) is 0 Å². The molecular formula is C15H16F2N2O. The number of benzene rings is 2. The van der Waals surface area contributed by atoms with Gasteiger partial charge in [-0.25, -0.2) is 8.78 Å². The fourth-order valence-corrected chi connectivity index (χ4v) is 1.87. The molecule has 3 N–H and O–H groups in total. The van der Waals surface area contributed by atoms with Crippen molar-refractivity contribution in [2.75, 3.05) is 24.7 Å². The van der Waals surface area contributed by atoms with E-state index in [0.29, 0.717) is 24.4 Å². The van der Waals surface area contributed by atoms with Crippen LogP contribution in [-0.2, 0) is 6.42 Å². The second-order valence-electron chi connectivity index (χ2n) is 4.38. The van der Waals surface area contributed by atoms with E-state index in [2.05, 4.69) is 5.32 Å². The van der Waals surface area contributed by atoms with Crippen molar-refractivity contribution in [2.45, 2.75) is 6.42 Å². The van der Waals surface area contributed by atoms with Crippen molar-refractivity contribution in [1.82, 2.24) is 0 Å². The lowest BCUT2D eigenvalue weighted by atomic mass is 10.1. The molecule has 3 nitrogen and oxygen atoms in total. The summed E-state index contributed by atoms with van der Waals surface area (Å²) < 4.78 is 31.5. The van der Waals surface area contributed by atoms with Gasteiger partial charge in [0.25, 0.3) is 0 Å². The molecule has 0 amide bonds. The van der Waals surface area contributed by atoms with E-state index in [1.54, 1.807) is 12.1 Å². The van der Waals surface area contributed by atoms with Gasteiger partial charge in [0.15, 0.2) is 0 Å². The number of nitrogens with one attached hydrogen (secondary N) is 1. The Labute approximate surface area is 116 Å². The number of nitrogen functional groups attached to an aromatic ring is 1. The molecule has 0 fully saturated rings. The smallest absolute Gasteiger partial charge is 0.148 e. The van der Waals surface area contributed by atoms with Crippen LogP contribution >= 0.6 is 0 Å². The van der Waals surface area contributed by atoms with Crippen molar-refractivity contribution in [3.05, 3.63) is 53.6 Å². The van der Waals surface area contributed by atoms with Crippen LogP contribution in [0.25, 0.3) is 0 Å². The predicted octanol–water partition coefficient (Wildman–Crippen LogP) is 3.21. The second-order valence-corrected chi connectivity index (χ2v) is 4.38. The normalized spacial score (nSPS) is 10.3. The van der Waals surface area contributed by atoms with E-state index in [1.807, 2.05) is 0 Å². The van der Waals surface area contributed by atoms with Crippen LogP contribution in [0.1, 0.15) is 5.56 Å². The maximum absolute atomic E-state index is 13.7. The first-order valence-corrected chi connectivity index (χ1v) is 6.21. The summed E-state index contributed by atoms with van der Waals surface area (Å²) in [6.07, 6.45) is 0.659. The predicted molar refractivity (Wildman–Crippen MR) is 76.0 cm³/mol. The third-order valence-corrected chi connectivity index (χ3v) is 2.96. The molecule has 0 aliphatic rings. The minimum absolute atomic E-state index is 0.258. The fraction of sp³-hybridized carbons (Fsp3) is 0.200.